The quantitative estimate of drug-likeness (QED) is 0.693. The highest BCUT2D eigenvalue weighted by molar-refractivity contribution is 5.68. The van der Waals surface area contributed by atoms with Gasteiger partial charge in [-0.1, -0.05) is 6.07 Å². The molecule has 1 saturated heterocycles. The molecule has 2 aromatic heterocycles. The SMILES string of the molecule is COc1cc(N2CCOCC2)ccc1Nc1nc(N)n(-c2cccc(C)n2)n1. The Hall–Kier alpha value is -3.33. The number of nitrogens with one attached hydrogen (secondary N) is 1. The molecule has 4 rings (SSSR count). The second-order valence-electron chi connectivity index (χ2n) is 6.45. The van der Waals surface area contributed by atoms with Crippen LogP contribution in [0.4, 0.5) is 23.3 Å². The van der Waals surface area contributed by atoms with Gasteiger partial charge in [-0.25, -0.2) is 4.98 Å². The predicted molar refractivity (Wildman–Crippen MR) is 108 cm³/mol. The summed E-state index contributed by atoms with van der Waals surface area (Å²) in [5.41, 5.74) is 8.75. The van der Waals surface area contributed by atoms with Crippen LogP contribution >= 0.6 is 0 Å². The Balaban J connectivity index is 1.58. The van der Waals surface area contributed by atoms with Gasteiger partial charge in [0, 0.05) is 30.5 Å². The van der Waals surface area contributed by atoms with Crippen molar-refractivity contribution in [2.24, 2.45) is 0 Å². The first-order valence-corrected chi connectivity index (χ1v) is 9.08. The molecular weight excluding hydrogens is 358 g/mol. The lowest BCUT2D eigenvalue weighted by molar-refractivity contribution is 0.122. The average molecular weight is 381 g/mol. The van der Waals surface area contributed by atoms with Crippen LogP contribution in [0, 0.1) is 6.92 Å². The van der Waals surface area contributed by atoms with Crippen LogP contribution in [0.3, 0.4) is 0 Å². The van der Waals surface area contributed by atoms with Crippen LogP contribution in [0.15, 0.2) is 36.4 Å². The van der Waals surface area contributed by atoms with Crippen molar-refractivity contribution < 1.29 is 9.47 Å². The lowest BCUT2D eigenvalue weighted by atomic mass is 10.2. The molecule has 9 heteroatoms. The average Bonchev–Trinajstić information content (AvgIpc) is 3.09. The lowest BCUT2D eigenvalue weighted by Crippen LogP contribution is -2.36. The van der Waals surface area contributed by atoms with E-state index in [4.69, 9.17) is 15.2 Å². The molecule has 0 unspecified atom stereocenters. The molecule has 0 spiro atoms. The van der Waals surface area contributed by atoms with E-state index in [1.807, 2.05) is 43.3 Å². The van der Waals surface area contributed by atoms with E-state index in [1.165, 1.54) is 4.68 Å². The fraction of sp³-hybridized carbons (Fsp3) is 0.316. The van der Waals surface area contributed by atoms with Crippen LogP contribution in [0.1, 0.15) is 5.69 Å². The van der Waals surface area contributed by atoms with Gasteiger partial charge in [0.1, 0.15) is 5.75 Å². The lowest BCUT2D eigenvalue weighted by Gasteiger charge is -2.29. The summed E-state index contributed by atoms with van der Waals surface area (Å²) in [4.78, 5) is 11.0. The molecule has 3 heterocycles. The number of anilines is 4. The number of hydrogen-bond donors (Lipinski definition) is 2. The Kier molecular flexibility index (Phi) is 4.98. The number of aromatic nitrogens is 4. The van der Waals surface area contributed by atoms with E-state index in [1.54, 1.807) is 7.11 Å². The maximum absolute atomic E-state index is 6.03. The molecule has 9 nitrogen and oxygen atoms in total. The van der Waals surface area contributed by atoms with E-state index in [9.17, 15) is 0 Å². The van der Waals surface area contributed by atoms with Gasteiger partial charge >= 0.3 is 0 Å². The number of benzene rings is 1. The fourth-order valence-corrected chi connectivity index (χ4v) is 3.11. The Morgan fingerprint density at radius 1 is 1.14 bits per heavy atom. The first kappa shape index (κ1) is 18.1. The summed E-state index contributed by atoms with van der Waals surface area (Å²) < 4.78 is 12.5. The van der Waals surface area contributed by atoms with Gasteiger partial charge in [0.25, 0.3) is 0 Å². The second kappa shape index (κ2) is 7.73. The number of nitrogens with zero attached hydrogens (tertiary/aromatic N) is 5. The Morgan fingerprint density at radius 2 is 1.96 bits per heavy atom. The van der Waals surface area contributed by atoms with Gasteiger partial charge in [-0.05, 0) is 31.2 Å². The molecule has 0 atom stereocenters. The highest BCUT2D eigenvalue weighted by Gasteiger charge is 2.15. The maximum Gasteiger partial charge on any atom is 0.249 e. The minimum absolute atomic E-state index is 0.254. The largest absolute Gasteiger partial charge is 0.494 e. The molecule has 0 bridgehead atoms. The number of pyridine rings is 1. The summed E-state index contributed by atoms with van der Waals surface area (Å²) in [5.74, 6) is 1.95. The number of ether oxygens (including phenoxy) is 2. The van der Waals surface area contributed by atoms with Gasteiger partial charge in [-0.2, -0.15) is 9.67 Å². The van der Waals surface area contributed by atoms with E-state index in [2.05, 4.69) is 25.3 Å². The highest BCUT2D eigenvalue weighted by atomic mass is 16.5. The molecule has 0 saturated carbocycles. The van der Waals surface area contributed by atoms with Crippen molar-refractivity contribution in [3.8, 4) is 11.6 Å². The highest BCUT2D eigenvalue weighted by Crippen LogP contribution is 2.32. The van der Waals surface area contributed by atoms with Crippen LogP contribution in [0.2, 0.25) is 0 Å². The summed E-state index contributed by atoms with van der Waals surface area (Å²) in [5, 5.41) is 7.61. The molecule has 0 aliphatic carbocycles. The van der Waals surface area contributed by atoms with E-state index in [0.29, 0.717) is 17.5 Å². The van der Waals surface area contributed by atoms with Crippen molar-refractivity contribution >= 4 is 23.3 Å². The molecule has 0 amide bonds. The minimum atomic E-state index is 0.254. The third-order valence-electron chi connectivity index (χ3n) is 4.53. The number of rotatable bonds is 5. The van der Waals surface area contributed by atoms with Crippen molar-refractivity contribution in [2.45, 2.75) is 6.92 Å². The molecule has 0 radical (unpaired) electrons. The predicted octanol–water partition coefficient (Wildman–Crippen LogP) is 2.14. The smallest absolute Gasteiger partial charge is 0.249 e. The van der Waals surface area contributed by atoms with E-state index < -0.39 is 0 Å². The zero-order valence-corrected chi connectivity index (χ0v) is 15.9. The topological polar surface area (TPSA) is 103 Å². The first-order valence-electron chi connectivity index (χ1n) is 9.08. The van der Waals surface area contributed by atoms with Gasteiger partial charge in [0.2, 0.25) is 11.9 Å². The molecule has 146 valence electrons. The summed E-state index contributed by atoms with van der Waals surface area (Å²) in [7, 11) is 1.64. The summed E-state index contributed by atoms with van der Waals surface area (Å²) in [6.07, 6.45) is 0. The van der Waals surface area contributed by atoms with Crippen LogP contribution in [0.5, 0.6) is 5.75 Å². The second-order valence-corrected chi connectivity index (χ2v) is 6.45. The zero-order valence-electron chi connectivity index (χ0n) is 15.9. The van der Waals surface area contributed by atoms with Gasteiger partial charge in [0.15, 0.2) is 5.82 Å². The van der Waals surface area contributed by atoms with E-state index >= 15 is 0 Å². The van der Waals surface area contributed by atoms with Gasteiger partial charge < -0.3 is 25.4 Å². The van der Waals surface area contributed by atoms with E-state index in [0.717, 1.165) is 43.4 Å². The molecule has 1 aliphatic rings. The molecule has 1 aromatic carbocycles. The monoisotopic (exact) mass is 381 g/mol. The third kappa shape index (κ3) is 3.70. The molecule has 28 heavy (non-hydrogen) atoms. The number of hydrogen-bond acceptors (Lipinski definition) is 8. The summed E-state index contributed by atoms with van der Waals surface area (Å²) in [6.45, 7) is 5.10. The maximum atomic E-state index is 6.03. The zero-order chi connectivity index (χ0) is 19.5. The van der Waals surface area contributed by atoms with Crippen molar-refractivity contribution in [3.05, 3.63) is 42.1 Å². The Morgan fingerprint density at radius 3 is 2.71 bits per heavy atom. The van der Waals surface area contributed by atoms with Gasteiger partial charge in [-0.3, -0.25) is 0 Å². The summed E-state index contributed by atoms with van der Waals surface area (Å²) in [6, 6.07) is 11.6. The number of aryl methyl sites for hydroxylation is 1. The van der Waals surface area contributed by atoms with E-state index in [-0.39, 0.29) is 5.95 Å². The van der Waals surface area contributed by atoms with Crippen LogP contribution in [0.25, 0.3) is 5.82 Å². The van der Waals surface area contributed by atoms with Crippen molar-refractivity contribution in [1.82, 2.24) is 19.7 Å². The van der Waals surface area contributed by atoms with Crippen molar-refractivity contribution in [1.29, 1.82) is 0 Å². The third-order valence-corrected chi connectivity index (χ3v) is 4.53. The Labute approximate surface area is 163 Å². The molecule has 1 fully saturated rings. The normalized spacial score (nSPS) is 14.1. The van der Waals surface area contributed by atoms with Crippen molar-refractivity contribution in [2.75, 3.05) is 49.4 Å². The standard InChI is InChI=1S/C19H23N7O2/c1-13-4-3-5-17(21-13)26-18(20)23-19(24-26)22-15-7-6-14(12-16(15)27-2)25-8-10-28-11-9-25/h3-7,12H,8-11H2,1-2H3,(H3,20,22,23,24). The minimum Gasteiger partial charge on any atom is -0.494 e. The summed E-state index contributed by atoms with van der Waals surface area (Å²) >= 11 is 0. The first-order chi connectivity index (χ1) is 13.6. The van der Waals surface area contributed by atoms with Crippen molar-refractivity contribution in [3.63, 3.8) is 0 Å². The van der Waals surface area contributed by atoms with Crippen LogP contribution in [-0.4, -0.2) is 53.2 Å². The molecular formula is C19H23N7O2. The number of morpholine rings is 1. The number of methoxy groups -OCH3 is 1. The fourth-order valence-electron chi connectivity index (χ4n) is 3.11. The van der Waals surface area contributed by atoms with Crippen LogP contribution in [-0.2, 0) is 4.74 Å². The number of nitrogens with two attached hydrogens (primary N) is 1. The molecule has 1 aliphatic heterocycles. The Bertz CT molecular complexity index is 967. The van der Waals surface area contributed by atoms with Gasteiger partial charge in [-0.15, -0.1) is 5.10 Å². The van der Waals surface area contributed by atoms with Crippen LogP contribution < -0.4 is 20.7 Å². The molecule has 3 aromatic rings. The number of nitrogen functional groups attached to an aromatic ring is 1. The van der Waals surface area contributed by atoms with Gasteiger partial charge in [0.05, 0.1) is 26.0 Å². The molecule has 3 N–H and O–H groups in total.